The molecule has 0 heterocycles. The van der Waals surface area contributed by atoms with E-state index in [0.29, 0.717) is 11.6 Å². The molecule has 0 unspecified atom stereocenters. The van der Waals surface area contributed by atoms with Gasteiger partial charge in [-0.05, 0) is 103 Å². The van der Waals surface area contributed by atoms with Crippen LogP contribution in [0.2, 0.25) is 0 Å². The average molecular weight is 631 g/mol. The van der Waals surface area contributed by atoms with E-state index in [-0.39, 0.29) is 0 Å². The van der Waals surface area contributed by atoms with Gasteiger partial charge in [-0.3, -0.25) is 0 Å². The highest BCUT2D eigenvalue weighted by molar-refractivity contribution is 7.80. The largest absolute Gasteiger partial charge is 0.0703 e. The van der Waals surface area contributed by atoms with E-state index in [1.165, 1.54) is 75.8 Å². The molecule has 6 aromatic carbocycles. The Hall–Kier alpha value is -3.82. The zero-order chi connectivity index (χ0) is 30.7. The molecule has 46 heavy (non-hydrogen) atoms. The molecule has 0 N–H and O–H groups in total. The molecule has 226 valence electrons. The first kappa shape index (κ1) is 29.6. The molecular formula is C44H40P2. The Bertz CT molecular complexity index is 1870. The summed E-state index contributed by atoms with van der Waals surface area (Å²) in [4.78, 5) is 0. The van der Waals surface area contributed by atoms with Crippen LogP contribution in [0.4, 0.5) is 0 Å². The zero-order valence-corrected chi connectivity index (χ0v) is 28.1. The number of rotatable bonds is 7. The summed E-state index contributed by atoms with van der Waals surface area (Å²) in [6.45, 7) is 0. The fourth-order valence-corrected chi connectivity index (χ4v) is 13.7. The van der Waals surface area contributed by atoms with E-state index in [1.807, 2.05) is 0 Å². The SMILES string of the molecule is c1ccc(P(c2ccccc2)c2ccc3ccccc3c2[C@H]2C3=C(CCCC3)CC[C@H]2P(c2ccccc2)c2ccccc2)cc1. The molecule has 0 saturated heterocycles. The Labute approximate surface area is 276 Å². The van der Waals surface area contributed by atoms with Gasteiger partial charge in [0.05, 0.1) is 0 Å². The van der Waals surface area contributed by atoms with Crippen LogP contribution >= 0.6 is 15.8 Å². The molecule has 2 atom stereocenters. The normalized spacial score (nSPS) is 18.2. The van der Waals surface area contributed by atoms with Crippen molar-refractivity contribution in [3.8, 4) is 0 Å². The minimum absolute atomic E-state index is 0.397. The molecule has 0 spiro atoms. The van der Waals surface area contributed by atoms with Crippen molar-refractivity contribution >= 4 is 53.1 Å². The van der Waals surface area contributed by atoms with Gasteiger partial charge in [0.25, 0.3) is 0 Å². The van der Waals surface area contributed by atoms with E-state index in [2.05, 4.69) is 158 Å². The van der Waals surface area contributed by atoms with Crippen molar-refractivity contribution in [3.05, 3.63) is 174 Å². The number of hydrogen-bond donors (Lipinski definition) is 0. The molecule has 6 aromatic rings. The van der Waals surface area contributed by atoms with Crippen molar-refractivity contribution in [1.29, 1.82) is 0 Å². The third-order valence-corrected chi connectivity index (χ3v) is 15.5. The van der Waals surface area contributed by atoms with E-state index in [1.54, 1.807) is 16.7 Å². The summed E-state index contributed by atoms with van der Waals surface area (Å²) >= 11 is 0. The lowest BCUT2D eigenvalue weighted by atomic mass is 9.72. The van der Waals surface area contributed by atoms with Gasteiger partial charge in [0, 0.05) is 5.92 Å². The van der Waals surface area contributed by atoms with Crippen LogP contribution in [0.25, 0.3) is 10.8 Å². The van der Waals surface area contributed by atoms with Crippen LogP contribution < -0.4 is 26.5 Å². The second-order valence-corrected chi connectivity index (χ2v) is 17.3. The molecule has 0 amide bonds. The fraction of sp³-hybridized carbons (Fsp3) is 0.182. The lowest BCUT2D eigenvalue weighted by molar-refractivity contribution is 0.526. The second kappa shape index (κ2) is 13.5. The average Bonchev–Trinajstić information content (AvgIpc) is 3.14. The number of fused-ring (bicyclic) bond motifs is 1. The highest BCUT2D eigenvalue weighted by Crippen LogP contribution is 2.57. The molecule has 0 aliphatic heterocycles. The molecule has 0 saturated carbocycles. The lowest BCUT2D eigenvalue weighted by Crippen LogP contribution is -2.35. The fourth-order valence-electron chi connectivity index (χ4n) is 8.11. The van der Waals surface area contributed by atoms with Gasteiger partial charge in [-0.15, -0.1) is 0 Å². The molecule has 0 bridgehead atoms. The Kier molecular flexibility index (Phi) is 8.68. The predicted molar refractivity (Wildman–Crippen MR) is 203 cm³/mol. The predicted octanol–water partition coefficient (Wildman–Crippen LogP) is 9.85. The third kappa shape index (κ3) is 5.68. The summed E-state index contributed by atoms with van der Waals surface area (Å²) in [7, 11) is -1.34. The second-order valence-electron chi connectivity index (χ2n) is 12.7. The van der Waals surface area contributed by atoms with Crippen LogP contribution in [0, 0.1) is 0 Å². The van der Waals surface area contributed by atoms with Gasteiger partial charge in [-0.25, -0.2) is 0 Å². The van der Waals surface area contributed by atoms with E-state index in [9.17, 15) is 0 Å². The van der Waals surface area contributed by atoms with Crippen molar-refractivity contribution in [2.75, 3.05) is 0 Å². The highest BCUT2D eigenvalue weighted by atomic mass is 31.1. The molecule has 2 aliphatic carbocycles. The summed E-state index contributed by atoms with van der Waals surface area (Å²) in [6.07, 6.45) is 7.66. The maximum Gasteiger partial charge on any atom is 0.0137 e. The first-order valence-electron chi connectivity index (χ1n) is 16.9. The first-order valence-corrected chi connectivity index (χ1v) is 19.6. The van der Waals surface area contributed by atoms with E-state index in [4.69, 9.17) is 0 Å². The van der Waals surface area contributed by atoms with Crippen molar-refractivity contribution in [3.63, 3.8) is 0 Å². The van der Waals surface area contributed by atoms with Gasteiger partial charge in [0.15, 0.2) is 0 Å². The van der Waals surface area contributed by atoms with Crippen LogP contribution in [0.1, 0.15) is 50.0 Å². The topological polar surface area (TPSA) is 0 Å². The molecule has 0 fully saturated rings. The molecule has 0 aromatic heterocycles. The van der Waals surface area contributed by atoms with Gasteiger partial charge >= 0.3 is 0 Å². The summed E-state index contributed by atoms with van der Waals surface area (Å²) in [6, 6.07) is 59.9. The van der Waals surface area contributed by atoms with E-state index < -0.39 is 15.8 Å². The molecule has 0 nitrogen and oxygen atoms in total. The van der Waals surface area contributed by atoms with Gasteiger partial charge in [0.1, 0.15) is 0 Å². The number of hydrogen-bond acceptors (Lipinski definition) is 0. The Morgan fingerprint density at radius 1 is 0.457 bits per heavy atom. The number of allylic oxidation sites excluding steroid dienone is 2. The van der Waals surface area contributed by atoms with Crippen molar-refractivity contribution in [2.24, 2.45) is 0 Å². The number of benzene rings is 6. The van der Waals surface area contributed by atoms with Crippen LogP contribution in [0.3, 0.4) is 0 Å². The lowest BCUT2D eigenvalue weighted by Gasteiger charge is -2.44. The van der Waals surface area contributed by atoms with Crippen LogP contribution in [-0.2, 0) is 0 Å². The molecule has 2 aliphatic rings. The Morgan fingerprint density at radius 2 is 0.978 bits per heavy atom. The standard InChI is InChI=1S/C44H40P2/c1-5-19-35(20-6-1)45(36-21-7-2-8-22-36)41-31-29-33-17-13-15-27-39(33)43(41)44-40-28-16-14-18-34(40)30-32-42(44)46(37-23-9-3-10-24-37)38-25-11-4-12-26-38/h1-13,15,17,19-27,29,31,42,44H,14,16,18,28,30,32H2/t42-,44+/m1/s1. The van der Waals surface area contributed by atoms with Gasteiger partial charge in [0.2, 0.25) is 0 Å². The van der Waals surface area contributed by atoms with Crippen LogP contribution in [0.15, 0.2) is 169 Å². The zero-order valence-electron chi connectivity index (χ0n) is 26.3. The molecule has 0 radical (unpaired) electrons. The quantitative estimate of drug-likeness (QED) is 0.122. The Morgan fingerprint density at radius 3 is 1.59 bits per heavy atom. The Balaban J connectivity index is 1.43. The molecular weight excluding hydrogens is 590 g/mol. The van der Waals surface area contributed by atoms with Crippen LogP contribution in [0.5, 0.6) is 0 Å². The summed E-state index contributed by atoms with van der Waals surface area (Å²) in [5, 5.41) is 10.2. The monoisotopic (exact) mass is 630 g/mol. The van der Waals surface area contributed by atoms with Crippen molar-refractivity contribution in [2.45, 2.75) is 50.1 Å². The van der Waals surface area contributed by atoms with Gasteiger partial charge < -0.3 is 0 Å². The minimum atomic E-state index is -0.752. The summed E-state index contributed by atoms with van der Waals surface area (Å²) in [5.41, 5.74) is 5.68. The summed E-state index contributed by atoms with van der Waals surface area (Å²) in [5.74, 6) is 0.397. The van der Waals surface area contributed by atoms with E-state index >= 15 is 0 Å². The minimum Gasteiger partial charge on any atom is -0.0703 e. The van der Waals surface area contributed by atoms with Crippen LogP contribution in [-0.4, -0.2) is 5.66 Å². The first-order chi connectivity index (χ1) is 22.9. The highest BCUT2D eigenvalue weighted by Gasteiger charge is 2.41. The summed E-state index contributed by atoms with van der Waals surface area (Å²) < 4.78 is 0. The van der Waals surface area contributed by atoms with Gasteiger partial charge in [-0.2, -0.15) is 0 Å². The van der Waals surface area contributed by atoms with Gasteiger partial charge in [-0.1, -0.05) is 169 Å². The molecule has 2 heteroatoms. The maximum atomic E-state index is 2.52. The van der Waals surface area contributed by atoms with E-state index in [0.717, 1.165) is 0 Å². The van der Waals surface area contributed by atoms with Crippen molar-refractivity contribution in [1.82, 2.24) is 0 Å². The van der Waals surface area contributed by atoms with Crippen molar-refractivity contribution < 1.29 is 0 Å². The maximum absolute atomic E-state index is 2.52. The third-order valence-electron chi connectivity index (χ3n) is 10.1. The smallest absolute Gasteiger partial charge is 0.0137 e. The molecule has 8 rings (SSSR count).